The standard InChI is InChI=1S/C10H20O2.C2H6/c1-7(2)9-5-4-8(3)6-10(9,11)12;1-2/h7-9,11-12H,4-6H2,1-3H3;1-2H3. The Balaban J connectivity index is 0.000000791. The molecule has 1 aliphatic rings. The second-order valence-electron chi connectivity index (χ2n) is 4.62. The Morgan fingerprint density at radius 2 is 1.64 bits per heavy atom. The zero-order chi connectivity index (χ0) is 11.4. The van der Waals surface area contributed by atoms with E-state index in [2.05, 4.69) is 20.8 Å². The number of hydrogen-bond acceptors (Lipinski definition) is 2. The molecule has 2 unspecified atom stereocenters. The zero-order valence-corrected chi connectivity index (χ0v) is 10.2. The van der Waals surface area contributed by atoms with Crippen molar-refractivity contribution < 1.29 is 10.2 Å². The van der Waals surface area contributed by atoms with Crippen LogP contribution in [-0.2, 0) is 0 Å². The molecule has 0 aromatic heterocycles. The van der Waals surface area contributed by atoms with Crippen molar-refractivity contribution >= 4 is 0 Å². The van der Waals surface area contributed by atoms with Crippen molar-refractivity contribution in [2.75, 3.05) is 0 Å². The minimum atomic E-state index is -1.41. The van der Waals surface area contributed by atoms with Gasteiger partial charge in [-0.2, -0.15) is 0 Å². The van der Waals surface area contributed by atoms with Crippen LogP contribution in [0.3, 0.4) is 0 Å². The molecular weight excluding hydrogens is 176 g/mol. The van der Waals surface area contributed by atoms with Gasteiger partial charge in [0, 0.05) is 12.3 Å². The Morgan fingerprint density at radius 1 is 1.14 bits per heavy atom. The van der Waals surface area contributed by atoms with Gasteiger partial charge in [-0.05, 0) is 18.3 Å². The first-order chi connectivity index (χ1) is 6.43. The van der Waals surface area contributed by atoms with Gasteiger partial charge in [0.25, 0.3) is 0 Å². The van der Waals surface area contributed by atoms with Crippen molar-refractivity contribution in [1.29, 1.82) is 0 Å². The van der Waals surface area contributed by atoms with E-state index in [1.165, 1.54) is 0 Å². The molecule has 86 valence electrons. The van der Waals surface area contributed by atoms with Gasteiger partial charge in [-0.15, -0.1) is 0 Å². The maximum absolute atomic E-state index is 9.73. The molecular formula is C12H26O2. The Kier molecular flexibility index (Phi) is 5.68. The van der Waals surface area contributed by atoms with Gasteiger partial charge in [0.1, 0.15) is 0 Å². The van der Waals surface area contributed by atoms with E-state index in [-0.39, 0.29) is 5.92 Å². The maximum atomic E-state index is 9.73. The molecule has 0 aliphatic heterocycles. The average Bonchev–Trinajstić information content (AvgIpc) is 2.04. The maximum Gasteiger partial charge on any atom is 0.165 e. The molecule has 2 nitrogen and oxygen atoms in total. The second-order valence-corrected chi connectivity index (χ2v) is 4.62. The Bertz CT molecular complexity index is 152. The topological polar surface area (TPSA) is 40.5 Å². The number of hydrogen-bond donors (Lipinski definition) is 2. The van der Waals surface area contributed by atoms with Gasteiger partial charge < -0.3 is 10.2 Å². The molecule has 1 saturated carbocycles. The van der Waals surface area contributed by atoms with Crippen LogP contribution < -0.4 is 0 Å². The smallest absolute Gasteiger partial charge is 0.165 e. The van der Waals surface area contributed by atoms with Crippen LogP contribution in [0.4, 0.5) is 0 Å². The van der Waals surface area contributed by atoms with Gasteiger partial charge in [0.2, 0.25) is 0 Å². The average molecular weight is 202 g/mol. The highest BCUT2D eigenvalue weighted by molar-refractivity contribution is 4.85. The third kappa shape index (κ3) is 3.58. The summed E-state index contributed by atoms with van der Waals surface area (Å²) in [7, 11) is 0. The van der Waals surface area contributed by atoms with E-state index < -0.39 is 5.79 Å². The summed E-state index contributed by atoms with van der Waals surface area (Å²) >= 11 is 0. The third-order valence-electron chi connectivity index (χ3n) is 3.02. The van der Waals surface area contributed by atoms with Crippen LogP contribution in [0, 0.1) is 17.8 Å². The van der Waals surface area contributed by atoms with Crippen LogP contribution in [-0.4, -0.2) is 16.0 Å². The van der Waals surface area contributed by atoms with Crippen molar-refractivity contribution in [1.82, 2.24) is 0 Å². The van der Waals surface area contributed by atoms with Gasteiger partial charge in [-0.25, -0.2) is 0 Å². The van der Waals surface area contributed by atoms with Crippen LogP contribution in [0.25, 0.3) is 0 Å². The molecule has 2 N–H and O–H groups in total. The van der Waals surface area contributed by atoms with Crippen LogP contribution in [0.5, 0.6) is 0 Å². The van der Waals surface area contributed by atoms with Crippen molar-refractivity contribution in [2.45, 2.75) is 59.7 Å². The molecule has 2 atom stereocenters. The molecule has 0 bridgehead atoms. The molecule has 1 rings (SSSR count). The van der Waals surface area contributed by atoms with Crippen LogP contribution >= 0.6 is 0 Å². The summed E-state index contributed by atoms with van der Waals surface area (Å²) in [5.41, 5.74) is 0. The van der Waals surface area contributed by atoms with E-state index in [9.17, 15) is 10.2 Å². The molecule has 0 spiro atoms. The lowest BCUT2D eigenvalue weighted by Gasteiger charge is -2.40. The summed E-state index contributed by atoms with van der Waals surface area (Å²) in [4.78, 5) is 0. The third-order valence-corrected chi connectivity index (χ3v) is 3.02. The van der Waals surface area contributed by atoms with Gasteiger partial charge >= 0.3 is 0 Å². The minimum absolute atomic E-state index is 0.0636. The molecule has 2 heteroatoms. The Morgan fingerprint density at radius 3 is 2.00 bits per heavy atom. The molecule has 1 aliphatic carbocycles. The highest BCUT2D eigenvalue weighted by atomic mass is 16.5. The Hall–Kier alpha value is -0.0800. The van der Waals surface area contributed by atoms with E-state index in [1.54, 1.807) is 0 Å². The van der Waals surface area contributed by atoms with E-state index in [0.717, 1.165) is 12.8 Å². The molecule has 0 heterocycles. The number of rotatable bonds is 1. The van der Waals surface area contributed by atoms with Gasteiger partial charge in [-0.3, -0.25) is 0 Å². The van der Waals surface area contributed by atoms with Gasteiger partial charge in [0.15, 0.2) is 5.79 Å². The largest absolute Gasteiger partial charge is 0.365 e. The van der Waals surface area contributed by atoms with Gasteiger partial charge in [-0.1, -0.05) is 41.0 Å². The van der Waals surface area contributed by atoms with Crippen molar-refractivity contribution in [2.24, 2.45) is 17.8 Å². The minimum Gasteiger partial charge on any atom is -0.365 e. The summed E-state index contributed by atoms with van der Waals surface area (Å²) in [6, 6.07) is 0. The summed E-state index contributed by atoms with van der Waals surface area (Å²) in [5, 5.41) is 19.5. The van der Waals surface area contributed by atoms with E-state index in [4.69, 9.17) is 0 Å². The molecule has 1 fully saturated rings. The fraction of sp³-hybridized carbons (Fsp3) is 1.00. The van der Waals surface area contributed by atoms with Crippen molar-refractivity contribution in [3.8, 4) is 0 Å². The lowest BCUT2D eigenvalue weighted by Crippen LogP contribution is -2.45. The summed E-state index contributed by atoms with van der Waals surface area (Å²) < 4.78 is 0. The monoisotopic (exact) mass is 202 g/mol. The fourth-order valence-electron chi connectivity index (χ4n) is 2.33. The molecule has 0 saturated heterocycles. The summed E-state index contributed by atoms with van der Waals surface area (Å²) in [6.07, 6.45) is 2.62. The first kappa shape index (κ1) is 13.9. The summed E-state index contributed by atoms with van der Waals surface area (Å²) in [5.74, 6) is -0.526. The van der Waals surface area contributed by atoms with E-state index in [0.29, 0.717) is 18.3 Å². The van der Waals surface area contributed by atoms with Crippen molar-refractivity contribution in [3.05, 3.63) is 0 Å². The fourth-order valence-corrected chi connectivity index (χ4v) is 2.33. The first-order valence-corrected chi connectivity index (χ1v) is 5.88. The SMILES string of the molecule is CC.CC1CCC(C(C)C)C(O)(O)C1. The second kappa shape index (κ2) is 5.72. The molecule has 14 heavy (non-hydrogen) atoms. The van der Waals surface area contributed by atoms with Crippen LogP contribution in [0.15, 0.2) is 0 Å². The van der Waals surface area contributed by atoms with Crippen LogP contribution in [0.1, 0.15) is 53.9 Å². The number of aliphatic hydroxyl groups is 2. The predicted octanol–water partition coefficient (Wildman–Crippen LogP) is 2.79. The van der Waals surface area contributed by atoms with E-state index >= 15 is 0 Å². The molecule has 0 amide bonds. The van der Waals surface area contributed by atoms with Crippen LogP contribution in [0.2, 0.25) is 0 Å². The quantitative estimate of drug-likeness (QED) is 0.642. The molecule has 0 aromatic rings. The Labute approximate surface area is 88.3 Å². The lowest BCUT2D eigenvalue weighted by molar-refractivity contribution is -0.234. The van der Waals surface area contributed by atoms with Gasteiger partial charge in [0.05, 0.1) is 0 Å². The van der Waals surface area contributed by atoms with Crippen molar-refractivity contribution in [3.63, 3.8) is 0 Å². The molecule has 0 aromatic carbocycles. The van der Waals surface area contributed by atoms with E-state index in [1.807, 2.05) is 13.8 Å². The summed E-state index contributed by atoms with van der Waals surface area (Å²) in [6.45, 7) is 10.2. The highest BCUT2D eigenvalue weighted by Gasteiger charge is 2.40. The lowest BCUT2D eigenvalue weighted by atomic mass is 9.73. The first-order valence-electron chi connectivity index (χ1n) is 5.88. The normalized spacial score (nSPS) is 30.9. The molecule has 0 radical (unpaired) electrons. The highest BCUT2D eigenvalue weighted by Crippen LogP contribution is 2.39. The zero-order valence-electron chi connectivity index (χ0n) is 10.2. The predicted molar refractivity (Wildman–Crippen MR) is 59.9 cm³/mol.